The Balaban J connectivity index is 2.07. The number of halogens is 1. The quantitative estimate of drug-likeness (QED) is 0.781. The van der Waals surface area contributed by atoms with Crippen molar-refractivity contribution >= 4 is 17.3 Å². The molecule has 1 saturated heterocycles. The lowest BCUT2D eigenvalue weighted by Crippen LogP contribution is -2.48. The van der Waals surface area contributed by atoms with Crippen LogP contribution in [0.15, 0.2) is 24.3 Å². The van der Waals surface area contributed by atoms with E-state index in [0.717, 1.165) is 23.8 Å². The van der Waals surface area contributed by atoms with Gasteiger partial charge in [-0.2, -0.15) is 0 Å². The zero-order valence-corrected chi connectivity index (χ0v) is 8.04. The highest BCUT2D eigenvalue weighted by Gasteiger charge is 2.26. The molecule has 0 aromatic heterocycles. The van der Waals surface area contributed by atoms with Gasteiger partial charge >= 0.3 is 0 Å². The summed E-state index contributed by atoms with van der Waals surface area (Å²) >= 11 is 6.02. The van der Waals surface area contributed by atoms with E-state index in [1.807, 2.05) is 24.3 Å². The molecule has 0 saturated carbocycles. The number of aliphatic hydroxyl groups excluding tert-OH is 1. The average Bonchev–Trinajstić information content (AvgIpc) is 2.06. The molecule has 3 heteroatoms. The number of hydrogen-bond donors (Lipinski definition) is 1. The first kappa shape index (κ1) is 8.85. The molecule has 1 aliphatic heterocycles. The maximum atomic E-state index is 8.86. The minimum absolute atomic E-state index is 0.279. The molecule has 0 aliphatic carbocycles. The van der Waals surface area contributed by atoms with Crippen LogP contribution >= 0.6 is 11.6 Å². The zero-order chi connectivity index (χ0) is 9.26. The lowest BCUT2D eigenvalue weighted by Gasteiger charge is -2.40. The van der Waals surface area contributed by atoms with Crippen LogP contribution in [0.1, 0.15) is 0 Å². The van der Waals surface area contributed by atoms with E-state index in [1.165, 1.54) is 0 Å². The second kappa shape index (κ2) is 3.56. The Hall–Kier alpha value is -0.730. The lowest BCUT2D eigenvalue weighted by molar-refractivity contribution is 0.201. The van der Waals surface area contributed by atoms with Gasteiger partial charge in [0.2, 0.25) is 0 Å². The third kappa shape index (κ3) is 1.64. The van der Waals surface area contributed by atoms with Gasteiger partial charge in [0.1, 0.15) is 0 Å². The van der Waals surface area contributed by atoms with Gasteiger partial charge in [-0.05, 0) is 12.1 Å². The van der Waals surface area contributed by atoms with Gasteiger partial charge in [0.05, 0.1) is 10.7 Å². The third-order valence-corrected chi connectivity index (χ3v) is 2.73. The van der Waals surface area contributed by atoms with Crippen molar-refractivity contribution in [3.05, 3.63) is 29.3 Å². The van der Waals surface area contributed by atoms with E-state index in [1.54, 1.807) is 0 Å². The first-order valence-corrected chi connectivity index (χ1v) is 4.79. The van der Waals surface area contributed by atoms with Crippen molar-refractivity contribution in [3.63, 3.8) is 0 Å². The molecule has 1 heterocycles. The Bertz CT molecular complexity index is 297. The number of aliphatic hydroxyl groups is 1. The van der Waals surface area contributed by atoms with E-state index in [0.29, 0.717) is 5.92 Å². The van der Waals surface area contributed by atoms with Gasteiger partial charge in [-0.3, -0.25) is 0 Å². The first-order valence-electron chi connectivity index (χ1n) is 4.41. The summed E-state index contributed by atoms with van der Waals surface area (Å²) in [5.74, 6) is 0.427. The van der Waals surface area contributed by atoms with Crippen LogP contribution in [-0.2, 0) is 0 Å². The molecule has 1 aliphatic rings. The lowest BCUT2D eigenvalue weighted by atomic mass is 10.0. The average molecular weight is 198 g/mol. The summed E-state index contributed by atoms with van der Waals surface area (Å²) in [7, 11) is 0. The van der Waals surface area contributed by atoms with E-state index in [2.05, 4.69) is 4.90 Å². The number of rotatable bonds is 2. The van der Waals surface area contributed by atoms with E-state index in [-0.39, 0.29) is 6.61 Å². The van der Waals surface area contributed by atoms with Gasteiger partial charge in [0.25, 0.3) is 0 Å². The normalized spacial score (nSPS) is 17.2. The standard InChI is InChI=1S/C10H12ClNO/c11-9-3-1-2-4-10(9)12-5-8(6-12)7-13/h1-4,8,13H,5-7H2. The van der Waals surface area contributed by atoms with Crippen molar-refractivity contribution in [2.45, 2.75) is 0 Å². The molecule has 70 valence electrons. The van der Waals surface area contributed by atoms with Gasteiger partial charge in [-0.1, -0.05) is 23.7 Å². The van der Waals surface area contributed by atoms with Crippen LogP contribution in [0.4, 0.5) is 5.69 Å². The van der Waals surface area contributed by atoms with E-state index in [9.17, 15) is 0 Å². The maximum Gasteiger partial charge on any atom is 0.0639 e. The van der Waals surface area contributed by atoms with Crippen molar-refractivity contribution in [2.75, 3.05) is 24.6 Å². The fourth-order valence-corrected chi connectivity index (χ4v) is 1.85. The Morgan fingerprint density at radius 3 is 2.69 bits per heavy atom. The number of benzene rings is 1. The Morgan fingerprint density at radius 2 is 2.08 bits per heavy atom. The maximum absolute atomic E-state index is 8.86. The number of nitrogens with zero attached hydrogens (tertiary/aromatic N) is 1. The molecule has 1 aromatic rings. The molecule has 1 fully saturated rings. The molecule has 2 nitrogen and oxygen atoms in total. The Labute approximate surface area is 82.7 Å². The fourth-order valence-electron chi connectivity index (χ4n) is 1.59. The smallest absolute Gasteiger partial charge is 0.0639 e. The third-order valence-electron chi connectivity index (χ3n) is 2.41. The van der Waals surface area contributed by atoms with Crippen LogP contribution in [0.5, 0.6) is 0 Å². The second-order valence-corrected chi connectivity index (χ2v) is 3.81. The van der Waals surface area contributed by atoms with Crippen LogP contribution in [0, 0.1) is 5.92 Å². The van der Waals surface area contributed by atoms with Crippen molar-refractivity contribution in [3.8, 4) is 0 Å². The summed E-state index contributed by atoms with van der Waals surface area (Å²) in [6.07, 6.45) is 0. The van der Waals surface area contributed by atoms with Crippen LogP contribution in [0.2, 0.25) is 5.02 Å². The van der Waals surface area contributed by atoms with E-state index >= 15 is 0 Å². The Morgan fingerprint density at radius 1 is 1.38 bits per heavy atom. The van der Waals surface area contributed by atoms with Crippen LogP contribution < -0.4 is 4.90 Å². The second-order valence-electron chi connectivity index (χ2n) is 3.40. The fraction of sp³-hybridized carbons (Fsp3) is 0.400. The molecule has 0 spiro atoms. The Kier molecular flexibility index (Phi) is 2.42. The molecule has 1 N–H and O–H groups in total. The predicted octanol–water partition coefficient (Wildman–Crippen LogP) is 1.77. The van der Waals surface area contributed by atoms with Crippen molar-refractivity contribution < 1.29 is 5.11 Å². The van der Waals surface area contributed by atoms with Gasteiger partial charge in [-0.15, -0.1) is 0 Å². The predicted molar refractivity (Wildman–Crippen MR) is 54.2 cm³/mol. The van der Waals surface area contributed by atoms with E-state index in [4.69, 9.17) is 16.7 Å². The van der Waals surface area contributed by atoms with E-state index < -0.39 is 0 Å². The summed E-state index contributed by atoms with van der Waals surface area (Å²) in [5, 5.41) is 9.65. The number of anilines is 1. The summed E-state index contributed by atoms with van der Waals surface area (Å²) in [6, 6.07) is 7.81. The monoisotopic (exact) mass is 197 g/mol. The molecule has 0 radical (unpaired) electrons. The molecular formula is C10H12ClNO. The highest BCUT2D eigenvalue weighted by atomic mass is 35.5. The molecule has 0 atom stereocenters. The molecule has 2 rings (SSSR count). The zero-order valence-electron chi connectivity index (χ0n) is 7.28. The summed E-state index contributed by atoms with van der Waals surface area (Å²) in [5.41, 5.74) is 1.08. The summed E-state index contributed by atoms with van der Waals surface area (Å²) in [6.45, 7) is 2.11. The topological polar surface area (TPSA) is 23.5 Å². The molecular weight excluding hydrogens is 186 g/mol. The minimum atomic E-state index is 0.279. The van der Waals surface area contributed by atoms with Gasteiger partial charge in [0.15, 0.2) is 0 Å². The number of para-hydroxylation sites is 1. The molecule has 13 heavy (non-hydrogen) atoms. The van der Waals surface area contributed by atoms with Crippen LogP contribution in [-0.4, -0.2) is 24.8 Å². The van der Waals surface area contributed by atoms with Gasteiger partial charge in [0, 0.05) is 25.6 Å². The van der Waals surface area contributed by atoms with Crippen LogP contribution in [0.3, 0.4) is 0 Å². The SMILES string of the molecule is OCC1CN(c2ccccc2Cl)C1. The van der Waals surface area contributed by atoms with Gasteiger partial charge < -0.3 is 10.0 Å². The molecule has 0 unspecified atom stereocenters. The number of hydrogen-bond acceptors (Lipinski definition) is 2. The van der Waals surface area contributed by atoms with Crippen molar-refractivity contribution in [1.29, 1.82) is 0 Å². The highest BCUT2D eigenvalue weighted by molar-refractivity contribution is 6.33. The highest BCUT2D eigenvalue weighted by Crippen LogP contribution is 2.30. The van der Waals surface area contributed by atoms with Gasteiger partial charge in [-0.25, -0.2) is 0 Å². The van der Waals surface area contributed by atoms with Crippen molar-refractivity contribution in [2.24, 2.45) is 5.92 Å². The van der Waals surface area contributed by atoms with Crippen LogP contribution in [0.25, 0.3) is 0 Å². The molecule has 0 amide bonds. The first-order chi connectivity index (χ1) is 6.31. The van der Waals surface area contributed by atoms with Crippen molar-refractivity contribution in [1.82, 2.24) is 0 Å². The molecule has 0 bridgehead atoms. The summed E-state index contributed by atoms with van der Waals surface area (Å²) in [4.78, 5) is 2.18. The molecule has 1 aromatic carbocycles. The minimum Gasteiger partial charge on any atom is -0.396 e. The summed E-state index contributed by atoms with van der Waals surface area (Å²) < 4.78 is 0. The largest absolute Gasteiger partial charge is 0.396 e.